The Labute approximate surface area is 770 Å². The van der Waals surface area contributed by atoms with Crippen LogP contribution in [-0.4, -0.2) is 261 Å². The molecule has 0 spiro atoms. The summed E-state index contributed by atoms with van der Waals surface area (Å²) in [6.45, 7) is 11.6. The Morgan fingerprint density at radius 1 is 0.372 bits per heavy atom. The number of ether oxygens (including phenoxy) is 6. The molecule has 39 nitrogen and oxygen atoms in total. The van der Waals surface area contributed by atoms with Crippen molar-refractivity contribution < 1.29 is 109 Å². The Kier molecular flexibility index (Phi) is 30.4. The Morgan fingerprint density at radius 2 is 0.693 bits per heavy atom. The summed E-state index contributed by atoms with van der Waals surface area (Å²) in [5.74, 6) is -1.94. The van der Waals surface area contributed by atoms with E-state index in [4.69, 9.17) is 57.1 Å². The highest BCUT2D eigenvalue weighted by atomic mass is 32.1. The van der Waals surface area contributed by atoms with Crippen LogP contribution in [-0.2, 0) is 59.4 Å². The lowest BCUT2D eigenvalue weighted by atomic mass is 10.1. The number of benzene rings is 1. The molecule has 10 aromatic heterocycles. The summed E-state index contributed by atoms with van der Waals surface area (Å²) in [6, 6.07) is 14.9. The topological polar surface area (TPSA) is 500 Å². The molecule has 17 rings (SSSR count). The molecule has 6 aliphatic rings. The number of hydrogen-bond donors (Lipinski definition) is 6. The van der Waals surface area contributed by atoms with Crippen LogP contribution in [0.4, 0.5) is 124 Å². The number of rotatable bonds is 16. The van der Waals surface area contributed by atoms with Gasteiger partial charge in [-0.2, -0.15) is 75.8 Å². The van der Waals surface area contributed by atoms with Gasteiger partial charge >= 0.3 is 30.9 Å². The van der Waals surface area contributed by atoms with Gasteiger partial charge in [-0.25, -0.2) is 79.7 Å². The van der Waals surface area contributed by atoms with Gasteiger partial charge in [0.05, 0.1) is 97.5 Å². The van der Waals surface area contributed by atoms with E-state index in [2.05, 4.69) is 95.0 Å². The van der Waals surface area contributed by atoms with Crippen molar-refractivity contribution in [2.24, 2.45) is 0 Å². The SMILES string of the molecule is CC(=O)N1CCC(Oc2cc(-c3cnc(N)nc3C(F)(F)F)nc(N3CCOCC3)n2)CC1.CC(=O)Nc1ncc(-c2cc(-c3cnc(N)cc3C(F)(F)F)nc(N3CCOCC3)n2)s1.Nc1ncc(-c2cc(-c3cnc(N)nc3C(F)(F)F)nc(N3CCOCC3)n2)c(C(F)(F)F)n1.Nc1ncc(-c2cc(OC3CCN(C(=O)c4ccccc4)CC3)nc(N3CCOCC3)n2)c(C(F)(F)F)n1. The fraction of sp³-hybridized carbons (Fsp3) is 0.402. The summed E-state index contributed by atoms with van der Waals surface area (Å²) in [5, 5.41) is 2.93. The van der Waals surface area contributed by atoms with Gasteiger partial charge < -0.3 is 91.8 Å². The molecular formula is C82H83F15N30O9S. The molecule has 726 valence electrons. The highest BCUT2D eigenvalue weighted by Gasteiger charge is 2.43. The third kappa shape index (κ3) is 25.4. The number of likely N-dealkylation sites (tertiary alicyclic amines) is 2. The molecule has 16 heterocycles. The standard InChI is InChI=1S/C25H26F3N7O3.C20H24F3N7O3.C19H18F3N7O2S.C18H15F6N9O/c26-25(27,28)21-18(15-30-23(29)33-21)19-14-20(32-24(31-19)35-10-12-37-13-11-35)38-17-6-8-34(9-7-17)22(36)16-4-2-1-3-5-16;1-12(31)29-4-2-13(3-5-29)33-16-10-15(26-19(27-16)30-6-8-32-9-7-30)14-11-25-18(24)28-17(14)20(21,22)23;1-10(30)26-18-25-9-15(32-18)14-7-13(27-17(28-14)29-2-4-31-5-3-29)11-8-24-16(23)6-12(11)19(20,21)22;19-17(20,21)12-8(6-27-14(25)31-12)10-5-11(30-16(29-10)33-1-3-34-4-2-33)9-7-28-15(26)32-13(9)18(22,23)24/h1-5,14-15,17H,6-13H2,(H2,29,30,33);10-11,13H,2-9H2,1H3,(H2,24,25,28);6-9H,2-5H2,1H3,(H2,23,24)(H,25,26,30);5-7H,1-4H2,(H2,25,27,31)(H2,26,28,32). The third-order valence-electron chi connectivity index (χ3n) is 21.2. The van der Waals surface area contributed by atoms with Crippen molar-refractivity contribution >= 4 is 87.6 Å². The summed E-state index contributed by atoms with van der Waals surface area (Å²) in [4.78, 5) is 118. The monoisotopic (exact) mass is 1950 g/mol. The minimum atomic E-state index is -4.95. The van der Waals surface area contributed by atoms with Crippen LogP contribution in [0.25, 0.3) is 66.9 Å². The number of carbonyl (C=O) groups is 3. The van der Waals surface area contributed by atoms with Crippen molar-refractivity contribution in [2.45, 2.75) is 82.6 Å². The lowest BCUT2D eigenvalue weighted by Crippen LogP contribution is -2.42. The van der Waals surface area contributed by atoms with E-state index in [1.165, 1.54) is 38.2 Å². The maximum absolute atomic E-state index is 13.8. The zero-order valence-electron chi connectivity index (χ0n) is 72.2. The summed E-state index contributed by atoms with van der Waals surface area (Å²) in [7, 11) is 0. The quantitative estimate of drug-likeness (QED) is 0.0489. The van der Waals surface area contributed by atoms with Crippen molar-refractivity contribution in [3.63, 3.8) is 0 Å². The van der Waals surface area contributed by atoms with Crippen molar-refractivity contribution in [3.05, 3.63) is 132 Å². The minimum Gasteiger partial charge on any atom is -0.474 e. The fourth-order valence-electron chi connectivity index (χ4n) is 14.5. The second-order valence-corrected chi connectivity index (χ2v) is 31.7. The molecule has 0 bridgehead atoms. The van der Waals surface area contributed by atoms with E-state index in [1.54, 1.807) is 26.8 Å². The number of anilines is 10. The Hall–Kier alpha value is -14.4. The second kappa shape index (κ2) is 42.3. The lowest BCUT2D eigenvalue weighted by Gasteiger charge is -2.32. The summed E-state index contributed by atoms with van der Waals surface area (Å²) in [6.07, 6.45) is -16.1. The number of aromatic nitrogens is 18. The summed E-state index contributed by atoms with van der Waals surface area (Å²) < 4.78 is 239. The Morgan fingerprint density at radius 3 is 1.04 bits per heavy atom. The Bertz CT molecular complexity index is 6020. The molecule has 0 unspecified atom stereocenters. The summed E-state index contributed by atoms with van der Waals surface area (Å²) in [5.41, 5.74) is 19.1. The normalized spacial score (nSPS) is 16.1. The first kappa shape index (κ1) is 98.6. The summed E-state index contributed by atoms with van der Waals surface area (Å²) >= 11 is 1.15. The highest BCUT2D eigenvalue weighted by Crippen LogP contribution is 2.45. The number of thiazole rings is 1. The van der Waals surface area contributed by atoms with Crippen molar-refractivity contribution in [3.8, 4) is 78.6 Å². The highest BCUT2D eigenvalue weighted by molar-refractivity contribution is 7.19. The number of nitrogens with two attached hydrogens (primary N) is 5. The van der Waals surface area contributed by atoms with Crippen molar-refractivity contribution in [2.75, 3.05) is 185 Å². The zero-order chi connectivity index (χ0) is 97.8. The number of piperidine rings is 2. The van der Waals surface area contributed by atoms with E-state index in [9.17, 15) is 80.2 Å². The van der Waals surface area contributed by atoms with Gasteiger partial charge in [-0.3, -0.25) is 14.4 Å². The number of carbonyl (C=O) groups excluding carboxylic acids is 3. The number of alkyl halides is 15. The number of nitrogen functional groups attached to an aromatic ring is 5. The molecule has 11 aromatic rings. The van der Waals surface area contributed by atoms with Crippen molar-refractivity contribution in [1.29, 1.82) is 0 Å². The molecule has 0 saturated carbocycles. The average Bonchev–Trinajstić information content (AvgIpc) is 1.80. The number of nitrogens with one attached hydrogen (secondary N) is 1. The number of morpholine rings is 4. The van der Waals surface area contributed by atoms with E-state index in [0.717, 1.165) is 54.5 Å². The van der Waals surface area contributed by atoms with E-state index < -0.39 is 94.1 Å². The van der Waals surface area contributed by atoms with E-state index >= 15 is 0 Å². The van der Waals surface area contributed by atoms with Gasteiger partial charge in [-0.1, -0.05) is 29.5 Å². The first-order valence-electron chi connectivity index (χ1n) is 41.8. The first-order valence-corrected chi connectivity index (χ1v) is 42.6. The number of halogens is 15. The maximum atomic E-state index is 13.8. The molecule has 1 aromatic carbocycles. The van der Waals surface area contributed by atoms with Gasteiger partial charge in [0.2, 0.25) is 71.2 Å². The van der Waals surface area contributed by atoms with Gasteiger partial charge in [0, 0.05) is 201 Å². The lowest BCUT2D eigenvalue weighted by molar-refractivity contribution is -0.141. The van der Waals surface area contributed by atoms with Crippen LogP contribution in [0.5, 0.6) is 11.8 Å². The molecule has 137 heavy (non-hydrogen) atoms. The van der Waals surface area contributed by atoms with Crippen LogP contribution < -0.4 is 63.1 Å². The van der Waals surface area contributed by atoms with Gasteiger partial charge in [0.25, 0.3) is 5.91 Å². The maximum Gasteiger partial charge on any atom is 0.434 e. The first-order chi connectivity index (χ1) is 65.1. The third-order valence-corrected chi connectivity index (χ3v) is 22.1. The van der Waals surface area contributed by atoms with Gasteiger partial charge in [-0.15, -0.1) is 0 Å². The van der Waals surface area contributed by atoms with Crippen LogP contribution in [0.2, 0.25) is 0 Å². The largest absolute Gasteiger partial charge is 0.474 e. The molecule has 55 heteroatoms. The molecule has 6 fully saturated rings. The average molecular weight is 1950 g/mol. The van der Waals surface area contributed by atoms with E-state index in [1.807, 2.05) is 32.9 Å². The predicted molar refractivity (Wildman–Crippen MR) is 462 cm³/mol. The number of amides is 3. The molecule has 6 aliphatic heterocycles. The van der Waals surface area contributed by atoms with Crippen LogP contribution in [0.15, 0.2) is 97.8 Å². The Balaban J connectivity index is 0.000000146. The van der Waals surface area contributed by atoms with Crippen LogP contribution in [0, 0.1) is 0 Å². The van der Waals surface area contributed by atoms with E-state index in [-0.39, 0.29) is 143 Å². The molecule has 3 amide bonds. The predicted octanol–water partition coefficient (Wildman–Crippen LogP) is 10.3. The zero-order valence-corrected chi connectivity index (χ0v) is 73.1. The molecule has 11 N–H and O–H groups in total. The molecule has 0 radical (unpaired) electrons. The van der Waals surface area contributed by atoms with Crippen LogP contribution in [0.3, 0.4) is 0 Å². The van der Waals surface area contributed by atoms with E-state index in [0.29, 0.717) is 152 Å². The van der Waals surface area contributed by atoms with Crippen LogP contribution >= 0.6 is 11.3 Å². The number of pyridine rings is 1. The molecule has 6 saturated heterocycles. The fourth-order valence-corrected chi connectivity index (χ4v) is 15.4. The number of hydrogen-bond acceptors (Lipinski definition) is 37. The number of nitrogens with zero attached hydrogens (tertiary/aromatic N) is 24. The van der Waals surface area contributed by atoms with Crippen molar-refractivity contribution in [1.82, 2.24) is 99.5 Å². The van der Waals surface area contributed by atoms with Gasteiger partial charge in [0.15, 0.2) is 27.9 Å². The second-order valence-electron chi connectivity index (χ2n) is 30.7. The molecule has 0 atom stereocenters. The van der Waals surface area contributed by atoms with Gasteiger partial charge in [-0.05, 0) is 30.3 Å². The molecular weight excluding hydrogens is 1870 g/mol. The van der Waals surface area contributed by atoms with Crippen LogP contribution in [0.1, 0.15) is 78.2 Å². The van der Waals surface area contributed by atoms with Gasteiger partial charge in [0.1, 0.15) is 18.0 Å². The minimum absolute atomic E-state index is 0.00425. The molecule has 0 aliphatic carbocycles. The smallest absolute Gasteiger partial charge is 0.434 e.